The van der Waals surface area contributed by atoms with Crippen molar-refractivity contribution in [2.24, 2.45) is 0 Å². The summed E-state index contributed by atoms with van der Waals surface area (Å²) in [4.78, 5) is 12.2. The Hall–Kier alpha value is -2.71. The molecule has 7 nitrogen and oxygen atoms in total. The Kier molecular flexibility index (Phi) is 6.21. The van der Waals surface area contributed by atoms with E-state index in [9.17, 15) is 9.00 Å². The molecule has 0 saturated carbocycles. The van der Waals surface area contributed by atoms with E-state index in [0.717, 1.165) is 36.5 Å². The Balaban J connectivity index is 1.46. The number of rotatable bonds is 8. The zero-order chi connectivity index (χ0) is 20.1. The molecule has 2 atom stereocenters. The van der Waals surface area contributed by atoms with Crippen molar-refractivity contribution in [3.8, 4) is 11.5 Å². The normalized spacial score (nSPS) is 17.3. The average molecular weight is 413 g/mol. The highest BCUT2D eigenvalue weighted by Gasteiger charge is 2.19. The summed E-state index contributed by atoms with van der Waals surface area (Å²) in [6.07, 6.45) is 7.65. The predicted molar refractivity (Wildman–Crippen MR) is 112 cm³/mol. The molecule has 1 amide bonds. The number of ether oxygens (including phenoxy) is 1. The first-order valence-corrected chi connectivity index (χ1v) is 11.2. The van der Waals surface area contributed by atoms with Gasteiger partial charge in [0.2, 0.25) is 5.91 Å². The van der Waals surface area contributed by atoms with E-state index in [4.69, 9.17) is 4.74 Å². The van der Waals surface area contributed by atoms with Gasteiger partial charge in [-0.2, -0.15) is 5.10 Å². The third kappa shape index (κ3) is 4.83. The van der Waals surface area contributed by atoms with Crippen molar-refractivity contribution in [3.05, 3.63) is 66.6 Å². The van der Waals surface area contributed by atoms with Crippen LogP contribution in [0.4, 0.5) is 0 Å². The predicted octanol–water partition coefficient (Wildman–Crippen LogP) is 2.21. The standard InChI is InChI=1S/C21H24N4O3S/c26-20(22-14-19-9-6-12-28-19)16-29(27)15-17-13-23-25(18-7-2-1-3-8-18)21(17)24-10-4-5-11-24/h1-5,7-8,10-11,13,19H,6,9,12,14-16H2,(H,22,26)/t19-,29+/m0/s1. The summed E-state index contributed by atoms with van der Waals surface area (Å²) in [6, 6.07) is 13.7. The van der Waals surface area contributed by atoms with Gasteiger partial charge in [-0.3, -0.25) is 9.00 Å². The zero-order valence-electron chi connectivity index (χ0n) is 16.1. The lowest BCUT2D eigenvalue weighted by atomic mass is 10.2. The van der Waals surface area contributed by atoms with Crippen LogP contribution in [0.2, 0.25) is 0 Å². The van der Waals surface area contributed by atoms with Gasteiger partial charge in [0.25, 0.3) is 0 Å². The van der Waals surface area contributed by atoms with Crippen LogP contribution in [-0.2, 0) is 26.1 Å². The van der Waals surface area contributed by atoms with Crippen LogP contribution in [0.15, 0.2) is 61.1 Å². The van der Waals surface area contributed by atoms with Crippen LogP contribution >= 0.6 is 0 Å². The highest BCUT2D eigenvalue weighted by Crippen LogP contribution is 2.21. The van der Waals surface area contributed by atoms with Crippen LogP contribution in [0, 0.1) is 0 Å². The highest BCUT2D eigenvalue weighted by molar-refractivity contribution is 7.84. The number of benzene rings is 1. The summed E-state index contributed by atoms with van der Waals surface area (Å²) < 4.78 is 21.9. The molecule has 29 heavy (non-hydrogen) atoms. The second kappa shape index (κ2) is 9.19. The van der Waals surface area contributed by atoms with Crippen molar-refractivity contribution in [1.82, 2.24) is 19.7 Å². The fraction of sp³-hybridized carbons (Fsp3) is 0.333. The Bertz CT molecular complexity index is 963. The van der Waals surface area contributed by atoms with E-state index < -0.39 is 10.8 Å². The van der Waals surface area contributed by atoms with Crippen molar-refractivity contribution >= 4 is 16.7 Å². The van der Waals surface area contributed by atoms with E-state index in [2.05, 4.69) is 10.4 Å². The molecule has 0 radical (unpaired) electrons. The third-order valence-electron chi connectivity index (χ3n) is 4.83. The lowest BCUT2D eigenvalue weighted by Gasteiger charge is -2.12. The van der Waals surface area contributed by atoms with E-state index in [-0.39, 0.29) is 23.5 Å². The van der Waals surface area contributed by atoms with Crippen molar-refractivity contribution in [3.63, 3.8) is 0 Å². The second-order valence-corrected chi connectivity index (χ2v) is 8.46. The van der Waals surface area contributed by atoms with E-state index in [0.29, 0.717) is 6.54 Å². The van der Waals surface area contributed by atoms with Crippen molar-refractivity contribution in [2.45, 2.75) is 24.7 Å². The van der Waals surface area contributed by atoms with Crippen molar-refractivity contribution in [2.75, 3.05) is 18.9 Å². The molecule has 8 heteroatoms. The molecule has 0 bridgehead atoms. The topological polar surface area (TPSA) is 78.2 Å². The van der Waals surface area contributed by atoms with Crippen LogP contribution in [0.25, 0.3) is 11.5 Å². The minimum atomic E-state index is -1.34. The van der Waals surface area contributed by atoms with Gasteiger partial charge in [0.15, 0.2) is 0 Å². The van der Waals surface area contributed by atoms with Crippen molar-refractivity contribution in [1.29, 1.82) is 0 Å². The summed E-state index contributed by atoms with van der Waals surface area (Å²) in [5.74, 6) is 0.841. The molecule has 0 aliphatic carbocycles. The quantitative estimate of drug-likeness (QED) is 0.615. The van der Waals surface area contributed by atoms with E-state index in [1.165, 1.54) is 0 Å². The van der Waals surface area contributed by atoms with Gasteiger partial charge in [-0.25, -0.2) is 4.68 Å². The molecule has 3 heterocycles. The fourth-order valence-corrected chi connectivity index (χ4v) is 4.49. The number of carbonyl (C=O) groups is 1. The molecule has 1 aromatic carbocycles. The van der Waals surface area contributed by atoms with Gasteiger partial charge in [-0.1, -0.05) is 18.2 Å². The Morgan fingerprint density at radius 2 is 2.00 bits per heavy atom. The number of hydrogen-bond acceptors (Lipinski definition) is 4. The monoisotopic (exact) mass is 412 g/mol. The van der Waals surface area contributed by atoms with Gasteiger partial charge >= 0.3 is 0 Å². The molecule has 2 aromatic heterocycles. The molecular formula is C21H24N4O3S. The molecule has 0 unspecified atom stereocenters. The summed E-state index contributed by atoms with van der Waals surface area (Å²) in [6.45, 7) is 1.23. The summed E-state index contributed by atoms with van der Waals surface area (Å²) >= 11 is 0. The van der Waals surface area contributed by atoms with Crippen LogP contribution in [0.3, 0.4) is 0 Å². The maximum absolute atomic E-state index is 12.7. The molecular weight excluding hydrogens is 388 g/mol. The lowest BCUT2D eigenvalue weighted by Crippen LogP contribution is -2.34. The van der Waals surface area contributed by atoms with Gasteiger partial charge in [0.05, 0.1) is 23.7 Å². The maximum Gasteiger partial charge on any atom is 0.232 e. The molecule has 152 valence electrons. The smallest absolute Gasteiger partial charge is 0.232 e. The van der Waals surface area contributed by atoms with Crippen LogP contribution in [0.1, 0.15) is 18.4 Å². The summed E-state index contributed by atoms with van der Waals surface area (Å²) in [5, 5.41) is 7.34. The maximum atomic E-state index is 12.7. The Morgan fingerprint density at radius 3 is 2.72 bits per heavy atom. The SMILES string of the molecule is O=C(C[S@](=O)Cc1cnn(-c2ccccc2)c1-n1cccc1)NC[C@@H]1CCCO1. The largest absolute Gasteiger partial charge is 0.376 e. The minimum absolute atomic E-state index is 0.0334. The lowest BCUT2D eigenvalue weighted by molar-refractivity contribution is -0.119. The van der Waals surface area contributed by atoms with Gasteiger partial charge in [-0.15, -0.1) is 0 Å². The summed E-state index contributed by atoms with van der Waals surface area (Å²) in [7, 11) is -1.34. The first-order chi connectivity index (χ1) is 14.2. The third-order valence-corrected chi connectivity index (χ3v) is 6.04. The average Bonchev–Trinajstić information content (AvgIpc) is 3.48. The fourth-order valence-electron chi connectivity index (χ4n) is 3.44. The van der Waals surface area contributed by atoms with Gasteiger partial charge < -0.3 is 14.6 Å². The number of nitrogens with zero attached hydrogens (tertiary/aromatic N) is 3. The number of hydrogen-bond donors (Lipinski definition) is 1. The molecule has 4 rings (SSSR count). The van der Waals surface area contributed by atoms with Crippen LogP contribution in [0.5, 0.6) is 0 Å². The molecule has 0 spiro atoms. The second-order valence-electron chi connectivity index (χ2n) is 7.00. The molecule has 1 saturated heterocycles. The highest BCUT2D eigenvalue weighted by atomic mass is 32.2. The molecule has 1 aliphatic rings. The Morgan fingerprint density at radius 1 is 1.21 bits per heavy atom. The molecule has 3 aromatic rings. The number of nitrogens with one attached hydrogen (secondary N) is 1. The van der Waals surface area contributed by atoms with E-state index in [1.807, 2.05) is 64.1 Å². The van der Waals surface area contributed by atoms with Gasteiger partial charge in [0.1, 0.15) is 11.6 Å². The molecule has 1 aliphatic heterocycles. The summed E-state index contributed by atoms with van der Waals surface area (Å²) in [5.41, 5.74) is 1.75. The van der Waals surface area contributed by atoms with Gasteiger partial charge in [-0.05, 0) is 37.1 Å². The molecule has 1 fully saturated rings. The van der Waals surface area contributed by atoms with E-state index >= 15 is 0 Å². The zero-order valence-corrected chi connectivity index (χ0v) is 16.9. The number of amides is 1. The van der Waals surface area contributed by atoms with Crippen LogP contribution < -0.4 is 5.32 Å². The van der Waals surface area contributed by atoms with Crippen LogP contribution in [-0.4, -0.2) is 49.5 Å². The minimum Gasteiger partial charge on any atom is -0.376 e. The number of para-hydroxylation sites is 1. The number of carbonyl (C=O) groups excluding carboxylic acids is 1. The first kappa shape index (κ1) is 19.6. The first-order valence-electron chi connectivity index (χ1n) is 9.69. The number of aromatic nitrogens is 3. The van der Waals surface area contributed by atoms with Crippen molar-refractivity contribution < 1.29 is 13.7 Å². The van der Waals surface area contributed by atoms with E-state index in [1.54, 1.807) is 6.20 Å². The Labute approximate surface area is 172 Å². The van der Waals surface area contributed by atoms with Gasteiger partial charge in [0, 0.05) is 41.9 Å². The molecule has 1 N–H and O–H groups in total.